The van der Waals surface area contributed by atoms with Gasteiger partial charge in [-0.25, -0.2) is 0 Å². The second kappa shape index (κ2) is 6.13. The highest BCUT2D eigenvalue weighted by molar-refractivity contribution is 7.99. The number of nitrogens with zero attached hydrogens (tertiary/aromatic N) is 2. The van der Waals surface area contributed by atoms with Crippen LogP contribution in [0.2, 0.25) is 0 Å². The molecule has 6 heteroatoms. The third-order valence-electron chi connectivity index (χ3n) is 4.28. The smallest absolute Gasteiger partial charge is 0.278 e. The van der Waals surface area contributed by atoms with Crippen molar-refractivity contribution in [2.45, 2.75) is 17.4 Å². The molecule has 0 saturated heterocycles. The van der Waals surface area contributed by atoms with Crippen molar-refractivity contribution in [1.82, 2.24) is 4.98 Å². The summed E-state index contributed by atoms with van der Waals surface area (Å²) in [6, 6.07) is 13.8. The Bertz CT molecular complexity index is 929. The number of nitro benzene ring substituents is 1. The number of rotatable bonds is 3. The highest BCUT2D eigenvalue weighted by atomic mass is 32.2. The minimum absolute atomic E-state index is 0.0863. The van der Waals surface area contributed by atoms with Crippen LogP contribution in [0.5, 0.6) is 0 Å². The van der Waals surface area contributed by atoms with Crippen LogP contribution in [0.3, 0.4) is 0 Å². The van der Waals surface area contributed by atoms with Crippen LogP contribution < -0.4 is 5.32 Å². The van der Waals surface area contributed by atoms with Crippen LogP contribution in [0.4, 0.5) is 11.4 Å². The summed E-state index contributed by atoms with van der Waals surface area (Å²) in [7, 11) is 0. The summed E-state index contributed by atoms with van der Waals surface area (Å²) in [6.45, 7) is 0. The van der Waals surface area contributed by atoms with E-state index in [9.17, 15) is 10.1 Å². The number of pyridine rings is 1. The van der Waals surface area contributed by atoms with Crippen LogP contribution in [-0.2, 0) is 0 Å². The molecular formula is C18H15N3O2S. The lowest BCUT2D eigenvalue weighted by atomic mass is 10.0. The van der Waals surface area contributed by atoms with Gasteiger partial charge >= 0.3 is 0 Å². The average molecular weight is 337 g/mol. The van der Waals surface area contributed by atoms with E-state index in [1.54, 1.807) is 24.5 Å². The van der Waals surface area contributed by atoms with Crippen LogP contribution in [0.1, 0.15) is 18.0 Å². The molecule has 0 saturated carbocycles. The number of hydrogen-bond acceptors (Lipinski definition) is 5. The predicted molar refractivity (Wildman–Crippen MR) is 96.5 cm³/mol. The number of nitrogens with one attached hydrogen (secondary N) is 1. The number of fused-ring (bicyclic) bond motifs is 2. The number of non-ortho nitro benzene ring substituents is 1. The highest BCUT2D eigenvalue weighted by Gasteiger charge is 2.22. The van der Waals surface area contributed by atoms with E-state index >= 15 is 0 Å². The SMILES string of the molecule is O=[N+]([O-])c1ccc(N[C@H]2CCSc3ccccc32)c2ccncc12. The fourth-order valence-electron chi connectivity index (χ4n) is 3.14. The van der Waals surface area contributed by atoms with Crippen molar-refractivity contribution in [3.63, 3.8) is 0 Å². The van der Waals surface area contributed by atoms with E-state index in [2.05, 4.69) is 34.6 Å². The molecule has 120 valence electrons. The number of benzene rings is 2. The first-order chi connectivity index (χ1) is 11.7. The third kappa shape index (κ3) is 2.59. The number of anilines is 1. The first-order valence-corrected chi connectivity index (χ1v) is 8.72. The molecule has 0 radical (unpaired) electrons. The predicted octanol–water partition coefficient (Wildman–Crippen LogP) is 4.79. The maximum atomic E-state index is 11.2. The van der Waals surface area contributed by atoms with Gasteiger partial charge in [-0.1, -0.05) is 18.2 Å². The first-order valence-electron chi connectivity index (χ1n) is 7.73. The summed E-state index contributed by atoms with van der Waals surface area (Å²) in [4.78, 5) is 16.2. The van der Waals surface area contributed by atoms with Gasteiger partial charge in [0.2, 0.25) is 0 Å². The Morgan fingerprint density at radius 2 is 2.04 bits per heavy atom. The van der Waals surface area contributed by atoms with Crippen LogP contribution in [0.15, 0.2) is 59.8 Å². The zero-order chi connectivity index (χ0) is 16.5. The van der Waals surface area contributed by atoms with Gasteiger partial charge in [0.25, 0.3) is 5.69 Å². The molecule has 24 heavy (non-hydrogen) atoms. The van der Waals surface area contributed by atoms with Gasteiger partial charge in [-0.2, -0.15) is 0 Å². The number of aromatic nitrogens is 1. The van der Waals surface area contributed by atoms with E-state index in [0.29, 0.717) is 5.39 Å². The van der Waals surface area contributed by atoms with Gasteiger partial charge in [-0.15, -0.1) is 11.8 Å². The lowest BCUT2D eigenvalue weighted by Crippen LogP contribution is -2.16. The first kappa shape index (κ1) is 15.0. The van der Waals surface area contributed by atoms with E-state index in [1.807, 2.05) is 17.8 Å². The molecule has 0 spiro atoms. The molecule has 1 N–H and O–H groups in total. The Morgan fingerprint density at radius 3 is 2.92 bits per heavy atom. The van der Waals surface area contributed by atoms with Gasteiger partial charge in [0.15, 0.2) is 0 Å². The molecule has 5 nitrogen and oxygen atoms in total. The van der Waals surface area contributed by atoms with Gasteiger partial charge in [-0.3, -0.25) is 15.1 Å². The number of thioether (sulfide) groups is 1. The zero-order valence-electron chi connectivity index (χ0n) is 12.8. The fraction of sp³-hybridized carbons (Fsp3) is 0.167. The zero-order valence-corrected chi connectivity index (χ0v) is 13.6. The molecule has 0 unspecified atom stereocenters. The van der Waals surface area contributed by atoms with Crippen molar-refractivity contribution < 1.29 is 4.92 Å². The van der Waals surface area contributed by atoms with Gasteiger partial charge in [0.05, 0.1) is 16.4 Å². The largest absolute Gasteiger partial charge is 0.378 e. The van der Waals surface area contributed by atoms with Gasteiger partial charge in [0, 0.05) is 40.2 Å². The molecular weight excluding hydrogens is 322 g/mol. The molecule has 1 aliphatic heterocycles. The number of hydrogen-bond donors (Lipinski definition) is 1. The third-order valence-corrected chi connectivity index (χ3v) is 5.40. The Hall–Kier alpha value is -2.60. The van der Waals surface area contributed by atoms with E-state index in [0.717, 1.165) is 23.2 Å². The van der Waals surface area contributed by atoms with Gasteiger partial charge < -0.3 is 5.32 Å². The molecule has 4 rings (SSSR count). The average Bonchev–Trinajstić information content (AvgIpc) is 2.62. The van der Waals surface area contributed by atoms with E-state index in [-0.39, 0.29) is 16.7 Å². The van der Waals surface area contributed by atoms with Crippen LogP contribution in [0.25, 0.3) is 10.8 Å². The van der Waals surface area contributed by atoms with Crippen LogP contribution >= 0.6 is 11.8 Å². The summed E-state index contributed by atoms with van der Waals surface area (Å²) in [6.07, 6.45) is 4.25. The molecule has 3 aromatic rings. The standard InChI is InChI=1S/C18H15N3O2S/c22-21(23)17-6-5-15(12-7-9-19-11-14(12)17)20-16-8-10-24-18-4-2-1-3-13(16)18/h1-7,9,11,16,20H,8,10H2/t16-/m0/s1. The second-order valence-electron chi connectivity index (χ2n) is 5.68. The topological polar surface area (TPSA) is 68.1 Å². The maximum Gasteiger partial charge on any atom is 0.278 e. The monoisotopic (exact) mass is 337 g/mol. The summed E-state index contributed by atoms with van der Waals surface area (Å²) in [5, 5.41) is 16.2. The van der Waals surface area contributed by atoms with E-state index in [1.165, 1.54) is 10.5 Å². The van der Waals surface area contributed by atoms with Crippen molar-refractivity contribution in [3.8, 4) is 0 Å². The van der Waals surface area contributed by atoms with Crippen molar-refractivity contribution in [3.05, 3.63) is 70.5 Å². The Balaban J connectivity index is 1.77. The molecule has 2 heterocycles. The van der Waals surface area contributed by atoms with Gasteiger partial charge in [0.1, 0.15) is 0 Å². The van der Waals surface area contributed by atoms with Crippen molar-refractivity contribution >= 4 is 33.9 Å². The number of nitro groups is 1. The van der Waals surface area contributed by atoms with Crippen molar-refractivity contribution in [2.75, 3.05) is 11.1 Å². The van der Waals surface area contributed by atoms with Gasteiger partial charge in [-0.05, 0) is 30.2 Å². The lowest BCUT2D eigenvalue weighted by Gasteiger charge is -2.27. The summed E-state index contributed by atoms with van der Waals surface area (Å²) in [5.74, 6) is 1.06. The molecule has 0 aliphatic carbocycles. The summed E-state index contributed by atoms with van der Waals surface area (Å²) < 4.78 is 0. The molecule has 0 amide bonds. The molecule has 1 aliphatic rings. The normalized spacial score (nSPS) is 16.6. The quantitative estimate of drug-likeness (QED) is 0.549. The Kier molecular flexibility index (Phi) is 3.82. The molecule has 0 bridgehead atoms. The summed E-state index contributed by atoms with van der Waals surface area (Å²) in [5.41, 5.74) is 2.28. The molecule has 2 aromatic carbocycles. The van der Waals surface area contributed by atoms with Crippen LogP contribution in [0, 0.1) is 10.1 Å². The highest BCUT2D eigenvalue weighted by Crippen LogP contribution is 2.39. The molecule has 0 fully saturated rings. The molecule has 1 aromatic heterocycles. The van der Waals surface area contributed by atoms with E-state index in [4.69, 9.17) is 0 Å². The molecule has 1 atom stereocenters. The Labute approximate surface area is 143 Å². The second-order valence-corrected chi connectivity index (χ2v) is 6.82. The Morgan fingerprint density at radius 1 is 1.17 bits per heavy atom. The minimum atomic E-state index is -0.361. The fourth-order valence-corrected chi connectivity index (χ4v) is 4.27. The minimum Gasteiger partial charge on any atom is -0.378 e. The van der Waals surface area contributed by atoms with Crippen molar-refractivity contribution in [1.29, 1.82) is 0 Å². The van der Waals surface area contributed by atoms with E-state index < -0.39 is 0 Å². The lowest BCUT2D eigenvalue weighted by molar-refractivity contribution is -0.383. The summed E-state index contributed by atoms with van der Waals surface area (Å²) >= 11 is 1.87. The van der Waals surface area contributed by atoms with Crippen molar-refractivity contribution in [2.24, 2.45) is 0 Å². The van der Waals surface area contributed by atoms with Crippen LogP contribution in [-0.4, -0.2) is 15.7 Å². The maximum absolute atomic E-state index is 11.2.